The zero-order valence-corrected chi connectivity index (χ0v) is 22.0. The number of nitrogens with zero attached hydrogens (tertiary/aromatic N) is 3. The van der Waals surface area contributed by atoms with Gasteiger partial charge >= 0.3 is 12.1 Å². The molecule has 202 valence electrons. The number of esters is 1. The van der Waals surface area contributed by atoms with Crippen molar-refractivity contribution in [3.8, 4) is 28.2 Å². The molecule has 1 saturated carbocycles. The summed E-state index contributed by atoms with van der Waals surface area (Å²) in [7, 11) is 0. The third-order valence-electron chi connectivity index (χ3n) is 7.23. The predicted molar refractivity (Wildman–Crippen MR) is 144 cm³/mol. The van der Waals surface area contributed by atoms with E-state index in [2.05, 4.69) is 34.3 Å². The molecule has 0 bridgehead atoms. The van der Waals surface area contributed by atoms with Crippen molar-refractivity contribution in [3.63, 3.8) is 0 Å². The predicted octanol–water partition coefficient (Wildman–Crippen LogP) is 8.15. The molecule has 0 N–H and O–H groups in total. The molecule has 8 heteroatoms. The third kappa shape index (κ3) is 5.60. The van der Waals surface area contributed by atoms with E-state index in [1.807, 2.05) is 25.1 Å². The summed E-state index contributed by atoms with van der Waals surface area (Å²) in [5, 5.41) is 3.88. The summed E-state index contributed by atoms with van der Waals surface area (Å²) in [6.45, 7) is 3.45. The minimum Gasteiger partial charge on any atom is -0.462 e. The lowest BCUT2D eigenvalue weighted by atomic mass is 9.83. The number of aromatic nitrogens is 3. The van der Waals surface area contributed by atoms with E-state index in [1.54, 1.807) is 12.1 Å². The third-order valence-corrected chi connectivity index (χ3v) is 7.23. The number of pyridine rings is 1. The largest absolute Gasteiger partial charge is 0.462 e. The van der Waals surface area contributed by atoms with Crippen molar-refractivity contribution in [1.82, 2.24) is 14.8 Å². The van der Waals surface area contributed by atoms with E-state index in [0.29, 0.717) is 16.3 Å². The van der Waals surface area contributed by atoms with Crippen LogP contribution in [0.15, 0.2) is 66.9 Å². The SMILES string of the molecule is CCOC(=O)c1cnn(-c2cccc(-c3cc(C)ccc3-c3ccc(C4CCCCC4)cc3)n2)c1C(F)(F)F. The minimum atomic E-state index is -4.84. The molecule has 4 aromatic rings. The second-order valence-electron chi connectivity index (χ2n) is 9.92. The maximum atomic E-state index is 14.1. The van der Waals surface area contributed by atoms with Crippen molar-refractivity contribution < 1.29 is 22.7 Å². The van der Waals surface area contributed by atoms with Gasteiger partial charge in [0.25, 0.3) is 0 Å². The molecule has 1 aliphatic rings. The molecule has 0 unspecified atom stereocenters. The van der Waals surface area contributed by atoms with Crippen molar-refractivity contribution in [2.24, 2.45) is 0 Å². The molecule has 0 radical (unpaired) electrons. The number of aryl methyl sites for hydroxylation is 1. The number of benzene rings is 2. The van der Waals surface area contributed by atoms with E-state index < -0.39 is 23.4 Å². The first-order chi connectivity index (χ1) is 18.8. The molecule has 0 atom stereocenters. The van der Waals surface area contributed by atoms with Gasteiger partial charge in [0.1, 0.15) is 5.56 Å². The quantitative estimate of drug-likeness (QED) is 0.235. The fourth-order valence-corrected chi connectivity index (χ4v) is 5.34. The smallest absolute Gasteiger partial charge is 0.434 e. The molecule has 0 amide bonds. The summed E-state index contributed by atoms with van der Waals surface area (Å²) in [5.41, 5.74) is 3.74. The molecule has 0 saturated heterocycles. The van der Waals surface area contributed by atoms with Gasteiger partial charge in [0, 0.05) is 5.56 Å². The van der Waals surface area contributed by atoms with Gasteiger partial charge in [-0.2, -0.15) is 18.3 Å². The molecule has 1 fully saturated rings. The maximum Gasteiger partial charge on any atom is 0.434 e. The Bertz CT molecular complexity index is 1470. The van der Waals surface area contributed by atoms with Gasteiger partial charge in [0.15, 0.2) is 11.5 Å². The molecule has 2 aromatic carbocycles. The monoisotopic (exact) mass is 533 g/mol. The van der Waals surface area contributed by atoms with Crippen LogP contribution in [0.2, 0.25) is 0 Å². The van der Waals surface area contributed by atoms with E-state index in [4.69, 9.17) is 4.74 Å². The molecular formula is C31H30F3N3O2. The molecule has 0 aliphatic heterocycles. The Labute approximate surface area is 225 Å². The first-order valence-electron chi connectivity index (χ1n) is 13.3. The lowest BCUT2D eigenvalue weighted by molar-refractivity contribution is -0.143. The average Bonchev–Trinajstić information content (AvgIpc) is 3.41. The number of alkyl halides is 3. The molecule has 0 spiro atoms. The molecule has 5 nitrogen and oxygen atoms in total. The Balaban J connectivity index is 1.55. The zero-order valence-electron chi connectivity index (χ0n) is 22.0. The van der Waals surface area contributed by atoms with Crippen molar-refractivity contribution >= 4 is 5.97 Å². The van der Waals surface area contributed by atoms with E-state index in [0.717, 1.165) is 28.5 Å². The fraction of sp³-hybridized carbons (Fsp3) is 0.323. The Hall–Kier alpha value is -3.94. The summed E-state index contributed by atoms with van der Waals surface area (Å²) in [6, 6.07) is 19.5. The Morgan fingerprint density at radius 1 is 1.00 bits per heavy atom. The number of hydrogen-bond acceptors (Lipinski definition) is 4. The summed E-state index contributed by atoms with van der Waals surface area (Å²) < 4.78 is 47.7. The molecule has 39 heavy (non-hydrogen) atoms. The highest BCUT2D eigenvalue weighted by molar-refractivity contribution is 5.91. The van der Waals surface area contributed by atoms with Crippen LogP contribution in [0.3, 0.4) is 0 Å². The van der Waals surface area contributed by atoms with Gasteiger partial charge in [-0.15, -0.1) is 0 Å². The van der Waals surface area contributed by atoms with Gasteiger partial charge in [-0.1, -0.05) is 67.3 Å². The van der Waals surface area contributed by atoms with Gasteiger partial charge in [0.2, 0.25) is 0 Å². The van der Waals surface area contributed by atoms with E-state index in [9.17, 15) is 18.0 Å². The van der Waals surface area contributed by atoms with Gasteiger partial charge in [-0.05, 0) is 67.5 Å². The lowest BCUT2D eigenvalue weighted by Crippen LogP contribution is -2.19. The highest BCUT2D eigenvalue weighted by Gasteiger charge is 2.41. The van der Waals surface area contributed by atoms with Crippen molar-refractivity contribution in [2.75, 3.05) is 6.61 Å². The summed E-state index contributed by atoms with van der Waals surface area (Å²) in [6.07, 6.45) is 2.31. The average molecular weight is 534 g/mol. The molecule has 2 aromatic heterocycles. The van der Waals surface area contributed by atoms with Gasteiger partial charge in [-0.25, -0.2) is 14.5 Å². The Morgan fingerprint density at radius 2 is 1.74 bits per heavy atom. The molecule has 1 aliphatic carbocycles. The fourth-order valence-electron chi connectivity index (χ4n) is 5.34. The normalized spacial score (nSPS) is 14.4. The van der Waals surface area contributed by atoms with Crippen LogP contribution in [0, 0.1) is 6.92 Å². The molecule has 2 heterocycles. The van der Waals surface area contributed by atoms with Crippen LogP contribution in [-0.2, 0) is 10.9 Å². The van der Waals surface area contributed by atoms with E-state index in [1.165, 1.54) is 50.7 Å². The summed E-state index contributed by atoms with van der Waals surface area (Å²) in [5.74, 6) is -0.527. The van der Waals surface area contributed by atoms with Crippen LogP contribution < -0.4 is 0 Å². The Kier molecular flexibility index (Phi) is 7.55. The molecule has 5 rings (SSSR count). The van der Waals surface area contributed by atoms with Crippen LogP contribution in [0.5, 0.6) is 0 Å². The highest BCUT2D eigenvalue weighted by atomic mass is 19.4. The second-order valence-corrected chi connectivity index (χ2v) is 9.92. The van der Waals surface area contributed by atoms with Crippen molar-refractivity contribution in [2.45, 2.75) is 58.0 Å². The topological polar surface area (TPSA) is 57.0 Å². The van der Waals surface area contributed by atoms with Crippen LogP contribution in [0.4, 0.5) is 13.2 Å². The van der Waals surface area contributed by atoms with Gasteiger partial charge in [-0.3, -0.25) is 0 Å². The summed E-state index contributed by atoms with van der Waals surface area (Å²) >= 11 is 0. The lowest BCUT2D eigenvalue weighted by Gasteiger charge is -2.22. The zero-order chi connectivity index (χ0) is 27.6. The number of hydrogen-bond donors (Lipinski definition) is 0. The molecular weight excluding hydrogens is 503 g/mol. The first-order valence-corrected chi connectivity index (χ1v) is 13.3. The van der Waals surface area contributed by atoms with Gasteiger partial charge in [0.05, 0.1) is 18.5 Å². The number of carbonyl (C=O) groups excluding carboxylic acids is 1. The van der Waals surface area contributed by atoms with Crippen molar-refractivity contribution in [1.29, 1.82) is 0 Å². The summed E-state index contributed by atoms with van der Waals surface area (Å²) in [4.78, 5) is 16.8. The number of halogens is 3. The standard InChI is InChI=1S/C31H30F3N3O2/c1-3-39-30(38)26-19-35-37(29(26)31(32,33)34)28-11-7-10-27(36-28)25-18-20(2)12-17-24(25)23-15-13-22(14-16-23)21-8-5-4-6-9-21/h7,10-19,21H,3-6,8-9H2,1-2H3. The van der Waals surface area contributed by atoms with E-state index >= 15 is 0 Å². The Morgan fingerprint density at radius 3 is 2.44 bits per heavy atom. The minimum absolute atomic E-state index is 0.0459. The van der Waals surface area contributed by atoms with Crippen LogP contribution >= 0.6 is 0 Å². The van der Waals surface area contributed by atoms with Gasteiger partial charge < -0.3 is 4.74 Å². The van der Waals surface area contributed by atoms with Crippen LogP contribution in [0.25, 0.3) is 28.2 Å². The number of carbonyl (C=O) groups is 1. The number of ether oxygens (including phenoxy) is 1. The van der Waals surface area contributed by atoms with Crippen LogP contribution in [-0.4, -0.2) is 27.3 Å². The first kappa shape index (κ1) is 26.7. The second kappa shape index (κ2) is 11.0. The van der Waals surface area contributed by atoms with Crippen molar-refractivity contribution in [3.05, 3.63) is 89.2 Å². The number of rotatable bonds is 6. The van der Waals surface area contributed by atoms with Crippen LogP contribution in [0.1, 0.15) is 72.1 Å². The van der Waals surface area contributed by atoms with E-state index in [-0.39, 0.29) is 12.4 Å². The maximum absolute atomic E-state index is 14.1. The highest BCUT2D eigenvalue weighted by Crippen LogP contribution is 2.37.